The monoisotopic (exact) mass is 642 g/mol. The number of alkyl halides is 2. The number of thiazole rings is 1. The van der Waals surface area contributed by atoms with E-state index in [0.29, 0.717) is 11.3 Å². The Labute approximate surface area is 230 Å². The highest BCUT2D eigenvalue weighted by atomic mass is 79.9. The van der Waals surface area contributed by atoms with E-state index in [1.807, 2.05) is 44.2 Å². The van der Waals surface area contributed by atoms with Gasteiger partial charge < -0.3 is 14.4 Å². The lowest BCUT2D eigenvalue weighted by Gasteiger charge is -2.20. The maximum Gasteiger partial charge on any atom is 0.399 e. The lowest BCUT2D eigenvalue weighted by molar-refractivity contribution is 0.0557. The minimum absolute atomic E-state index is 0.0496. The van der Waals surface area contributed by atoms with Crippen molar-refractivity contribution in [3.8, 4) is 11.3 Å². The van der Waals surface area contributed by atoms with Gasteiger partial charge in [0.2, 0.25) is 4.80 Å². The molecule has 0 radical (unpaired) electrons. The SMILES string of the molecule is Cc1ccc(S(=O)(=O)N=c2scc(-c3ccccc3)n2Cc2ccc(C(F)(F)P(=O)(O)O)c(Br)c2)cc1C. The molecule has 1 heterocycles. The fraction of sp³-hybridized carbons (Fsp3) is 0.160. The van der Waals surface area contributed by atoms with Gasteiger partial charge in [-0.15, -0.1) is 15.7 Å². The summed E-state index contributed by atoms with van der Waals surface area (Å²) < 4.78 is 71.9. The number of hydrogen-bond donors (Lipinski definition) is 2. The first-order chi connectivity index (χ1) is 17.7. The van der Waals surface area contributed by atoms with E-state index in [4.69, 9.17) is 9.79 Å². The van der Waals surface area contributed by atoms with E-state index < -0.39 is 28.8 Å². The molecule has 4 aromatic rings. The van der Waals surface area contributed by atoms with Gasteiger partial charge in [0.05, 0.1) is 17.1 Å². The zero-order valence-corrected chi connectivity index (χ0v) is 24.2. The Hall–Kier alpha value is -2.47. The van der Waals surface area contributed by atoms with Gasteiger partial charge in [0.15, 0.2) is 0 Å². The molecule has 2 N–H and O–H groups in total. The summed E-state index contributed by atoms with van der Waals surface area (Å²) in [5.41, 5.74) is -1.56. The first-order valence-electron chi connectivity index (χ1n) is 11.0. The molecule has 0 bridgehead atoms. The standard InChI is InChI=1S/C25H22BrF2N2O5PS2/c1-16-8-10-20(12-17(16)2)38(34,35)29-24-30(23(15-37-24)19-6-4-3-5-7-19)14-18-9-11-21(22(26)13-18)25(27,28)36(31,32)33/h3-13,15H,14H2,1-2H3,(H2,31,32,33). The Morgan fingerprint density at radius 1 is 1.03 bits per heavy atom. The molecule has 0 amide bonds. The second-order valence-corrected chi connectivity index (χ2v) is 13.5. The molecule has 1 aromatic heterocycles. The van der Waals surface area contributed by atoms with Crippen molar-refractivity contribution in [1.82, 2.24) is 4.57 Å². The van der Waals surface area contributed by atoms with E-state index in [0.717, 1.165) is 34.1 Å². The topological polar surface area (TPSA) is 109 Å². The number of halogens is 3. The van der Waals surface area contributed by atoms with Gasteiger partial charge >= 0.3 is 13.3 Å². The van der Waals surface area contributed by atoms with Crippen LogP contribution in [-0.4, -0.2) is 22.8 Å². The Kier molecular flexibility index (Phi) is 7.96. The molecule has 38 heavy (non-hydrogen) atoms. The van der Waals surface area contributed by atoms with Gasteiger partial charge in [0.1, 0.15) is 0 Å². The lowest BCUT2D eigenvalue weighted by atomic mass is 10.1. The van der Waals surface area contributed by atoms with Crippen LogP contribution in [0.1, 0.15) is 22.3 Å². The predicted molar refractivity (Wildman–Crippen MR) is 146 cm³/mol. The molecule has 3 aromatic carbocycles. The van der Waals surface area contributed by atoms with E-state index in [9.17, 15) is 21.8 Å². The van der Waals surface area contributed by atoms with E-state index in [2.05, 4.69) is 20.3 Å². The third-order valence-corrected chi connectivity index (χ3v) is 9.78. The number of aromatic nitrogens is 1. The van der Waals surface area contributed by atoms with Gasteiger partial charge in [-0.25, -0.2) is 0 Å². The molecule has 0 atom stereocenters. The summed E-state index contributed by atoms with van der Waals surface area (Å²) in [4.78, 5) is 18.4. The van der Waals surface area contributed by atoms with Crippen LogP contribution in [0.25, 0.3) is 11.3 Å². The molecule has 0 aliphatic carbocycles. The van der Waals surface area contributed by atoms with E-state index in [1.165, 1.54) is 18.2 Å². The molecule has 0 aliphatic heterocycles. The highest BCUT2D eigenvalue weighted by Crippen LogP contribution is 2.60. The van der Waals surface area contributed by atoms with Gasteiger partial charge in [-0.1, -0.05) is 64.5 Å². The fourth-order valence-electron chi connectivity index (χ4n) is 3.67. The minimum Gasteiger partial charge on any atom is -0.320 e. The highest BCUT2D eigenvalue weighted by Gasteiger charge is 2.51. The average molecular weight is 643 g/mol. The maximum atomic E-state index is 14.3. The van der Waals surface area contributed by atoms with Crippen LogP contribution in [0, 0.1) is 13.8 Å². The molecular weight excluding hydrogens is 621 g/mol. The van der Waals surface area contributed by atoms with E-state index in [1.54, 1.807) is 22.1 Å². The second kappa shape index (κ2) is 10.6. The van der Waals surface area contributed by atoms with Crippen molar-refractivity contribution in [3.63, 3.8) is 0 Å². The molecule has 0 aliphatic rings. The first-order valence-corrected chi connectivity index (χ1v) is 15.8. The van der Waals surface area contributed by atoms with Gasteiger partial charge in [-0.05, 0) is 54.3 Å². The Morgan fingerprint density at radius 2 is 1.71 bits per heavy atom. The van der Waals surface area contributed by atoms with Crippen molar-refractivity contribution < 1.29 is 31.6 Å². The van der Waals surface area contributed by atoms with E-state index in [-0.39, 0.29) is 20.7 Å². The quantitative estimate of drug-likeness (QED) is 0.235. The van der Waals surface area contributed by atoms with Gasteiger partial charge in [-0.2, -0.15) is 17.2 Å². The summed E-state index contributed by atoms with van der Waals surface area (Å²) in [6.45, 7) is 3.74. The van der Waals surface area contributed by atoms with Gasteiger partial charge in [-0.3, -0.25) is 4.57 Å². The largest absolute Gasteiger partial charge is 0.399 e. The van der Waals surface area contributed by atoms with Crippen molar-refractivity contribution in [2.75, 3.05) is 0 Å². The average Bonchev–Trinajstić information content (AvgIpc) is 3.21. The van der Waals surface area contributed by atoms with Crippen molar-refractivity contribution in [1.29, 1.82) is 0 Å². The lowest BCUT2D eigenvalue weighted by Crippen LogP contribution is -2.19. The van der Waals surface area contributed by atoms with Crippen LogP contribution in [0.3, 0.4) is 0 Å². The highest BCUT2D eigenvalue weighted by molar-refractivity contribution is 9.10. The molecule has 0 fully saturated rings. The second-order valence-electron chi connectivity index (χ2n) is 8.57. The number of rotatable bonds is 7. The third kappa shape index (κ3) is 5.75. The number of hydrogen-bond acceptors (Lipinski definition) is 4. The van der Waals surface area contributed by atoms with Crippen LogP contribution in [0.15, 0.2) is 85.9 Å². The Bertz CT molecular complexity index is 1730. The molecule has 7 nitrogen and oxygen atoms in total. The maximum absolute atomic E-state index is 14.3. The van der Waals surface area contributed by atoms with E-state index >= 15 is 0 Å². The van der Waals surface area contributed by atoms with Crippen LogP contribution in [0.4, 0.5) is 8.78 Å². The summed E-state index contributed by atoms with van der Waals surface area (Å²) in [6, 6.07) is 17.5. The molecule has 200 valence electrons. The van der Waals surface area contributed by atoms with Crippen LogP contribution in [-0.2, 0) is 26.8 Å². The minimum atomic E-state index is -5.75. The number of nitrogens with zero attached hydrogens (tertiary/aromatic N) is 2. The van der Waals surface area contributed by atoms with Gasteiger partial charge in [0.25, 0.3) is 10.0 Å². The molecule has 0 unspecified atom stereocenters. The number of aryl methyl sites for hydroxylation is 2. The van der Waals surface area contributed by atoms with Crippen molar-refractivity contribution in [2.24, 2.45) is 4.40 Å². The molecule has 0 saturated heterocycles. The molecular formula is C25H22BrF2N2O5PS2. The number of benzene rings is 3. The van der Waals surface area contributed by atoms with Crippen molar-refractivity contribution in [2.45, 2.75) is 31.0 Å². The van der Waals surface area contributed by atoms with Crippen LogP contribution < -0.4 is 4.80 Å². The Balaban J connectivity index is 1.84. The molecule has 4 rings (SSSR count). The zero-order valence-electron chi connectivity index (χ0n) is 20.0. The number of sulfonamides is 1. The zero-order chi connectivity index (χ0) is 27.9. The molecule has 0 saturated carbocycles. The molecule has 13 heteroatoms. The summed E-state index contributed by atoms with van der Waals surface area (Å²) in [7, 11) is -9.82. The van der Waals surface area contributed by atoms with Gasteiger partial charge in [0, 0.05) is 15.4 Å². The fourth-order valence-corrected chi connectivity index (χ4v) is 7.21. The smallest absolute Gasteiger partial charge is 0.320 e. The summed E-state index contributed by atoms with van der Waals surface area (Å²) in [5.74, 6) is 0. The summed E-state index contributed by atoms with van der Waals surface area (Å²) in [5, 5.41) is 1.76. The van der Waals surface area contributed by atoms with Crippen molar-refractivity contribution in [3.05, 3.63) is 104 Å². The third-order valence-electron chi connectivity index (χ3n) is 5.91. The normalized spacial score (nSPS) is 13.2. The Morgan fingerprint density at radius 3 is 2.32 bits per heavy atom. The summed E-state index contributed by atoms with van der Waals surface area (Å²) >= 11 is 4.12. The first kappa shape index (κ1) is 28.5. The predicted octanol–water partition coefficient (Wildman–Crippen LogP) is 6.16. The van der Waals surface area contributed by atoms with Crippen LogP contribution >= 0.6 is 34.9 Å². The summed E-state index contributed by atoms with van der Waals surface area (Å²) in [6.07, 6.45) is 0. The van der Waals surface area contributed by atoms with Crippen LogP contribution in [0.2, 0.25) is 0 Å². The molecule has 0 spiro atoms. The van der Waals surface area contributed by atoms with Crippen LogP contribution in [0.5, 0.6) is 0 Å². The van der Waals surface area contributed by atoms with Crippen molar-refractivity contribution >= 4 is 44.9 Å².